The minimum atomic E-state index is 0.499. The summed E-state index contributed by atoms with van der Waals surface area (Å²) >= 11 is 2.21. The van der Waals surface area contributed by atoms with Crippen molar-refractivity contribution in [3.05, 3.63) is 33.5 Å². The van der Waals surface area contributed by atoms with E-state index in [9.17, 15) is 0 Å². The van der Waals surface area contributed by atoms with E-state index >= 15 is 0 Å². The van der Waals surface area contributed by atoms with Crippen molar-refractivity contribution in [3.8, 4) is 0 Å². The Balaban J connectivity index is 2.24. The van der Waals surface area contributed by atoms with Crippen LogP contribution in [0.1, 0.15) is 11.5 Å². The molecule has 0 bridgehead atoms. The highest BCUT2D eigenvalue weighted by Crippen LogP contribution is 2.05. The van der Waals surface area contributed by atoms with Crippen LogP contribution in [0.3, 0.4) is 0 Å². The molecule has 0 saturated carbocycles. The van der Waals surface area contributed by atoms with E-state index < -0.39 is 0 Å². The number of nitrogens with zero attached hydrogens (tertiary/aromatic N) is 4. The van der Waals surface area contributed by atoms with E-state index in [1.807, 2.05) is 13.1 Å². The molecule has 5 nitrogen and oxygen atoms in total. The first-order valence-corrected chi connectivity index (χ1v) is 5.49. The maximum Gasteiger partial charge on any atom is 0.152 e. The smallest absolute Gasteiger partial charge is 0.152 e. The van der Waals surface area contributed by atoms with Gasteiger partial charge in [0, 0.05) is 18.0 Å². The molecule has 6 heteroatoms. The molecule has 0 amide bonds. The van der Waals surface area contributed by atoms with Crippen LogP contribution in [0.5, 0.6) is 0 Å². The average molecular weight is 315 g/mol. The quantitative estimate of drug-likeness (QED) is 0.846. The lowest BCUT2D eigenvalue weighted by Gasteiger charge is -2.02. The number of aromatic nitrogens is 4. The molecule has 0 unspecified atom stereocenters. The molecule has 78 valence electrons. The second-order valence-corrected chi connectivity index (χ2v) is 4.45. The molecule has 2 aromatic rings. The van der Waals surface area contributed by atoms with Crippen LogP contribution >= 0.6 is 22.6 Å². The van der Waals surface area contributed by atoms with Gasteiger partial charge in [-0.25, -0.2) is 9.97 Å². The van der Waals surface area contributed by atoms with E-state index in [-0.39, 0.29) is 0 Å². The summed E-state index contributed by atoms with van der Waals surface area (Å²) in [5.74, 6) is 1.19. The fraction of sp³-hybridized carbons (Fsp3) is 0.222. The lowest BCUT2D eigenvalue weighted by molar-refractivity contribution is 0.653. The molecule has 0 aliphatic rings. The van der Waals surface area contributed by atoms with Gasteiger partial charge in [-0.1, -0.05) is 0 Å². The summed E-state index contributed by atoms with van der Waals surface area (Å²) in [6.45, 7) is 2.45. The van der Waals surface area contributed by atoms with Gasteiger partial charge in [-0.3, -0.25) is 4.68 Å². The van der Waals surface area contributed by atoms with Crippen molar-refractivity contribution < 1.29 is 0 Å². The van der Waals surface area contributed by atoms with Crippen LogP contribution in [-0.4, -0.2) is 19.7 Å². The Hall–Kier alpha value is -1.18. The van der Waals surface area contributed by atoms with Gasteiger partial charge >= 0.3 is 0 Å². The van der Waals surface area contributed by atoms with Gasteiger partial charge in [0.25, 0.3) is 0 Å². The van der Waals surface area contributed by atoms with Crippen molar-refractivity contribution in [3.63, 3.8) is 0 Å². The molecule has 0 aromatic carbocycles. The van der Waals surface area contributed by atoms with Crippen LogP contribution in [0.2, 0.25) is 0 Å². The first-order chi connectivity index (χ1) is 7.13. The third kappa shape index (κ3) is 2.65. The van der Waals surface area contributed by atoms with E-state index in [4.69, 9.17) is 5.73 Å². The van der Waals surface area contributed by atoms with Gasteiger partial charge in [-0.05, 0) is 29.5 Å². The summed E-state index contributed by atoms with van der Waals surface area (Å²) in [5.41, 5.74) is 6.51. The molecule has 0 radical (unpaired) electrons. The maximum absolute atomic E-state index is 5.64. The largest absolute Gasteiger partial charge is 0.384 e. The SMILES string of the molecule is Cc1cc(N)nc(Cn2cc(I)cn2)n1. The number of hydrogen-bond acceptors (Lipinski definition) is 4. The maximum atomic E-state index is 5.64. The first kappa shape index (κ1) is 10.3. The zero-order valence-corrected chi connectivity index (χ0v) is 10.3. The van der Waals surface area contributed by atoms with Crippen molar-refractivity contribution in [1.82, 2.24) is 19.7 Å². The molecule has 0 aliphatic heterocycles. The van der Waals surface area contributed by atoms with Crippen molar-refractivity contribution in [1.29, 1.82) is 0 Å². The number of hydrogen-bond donors (Lipinski definition) is 1. The van der Waals surface area contributed by atoms with Crippen molar-refractivity contribution in [2.45, 2.75) is 13.5 Å². The number of halogens is 1. The molecule has 0 fully saturated rings. The molecule has 0 spiro atoms. The van der Waals surface area contributed by atoms with Crippen LogP contribution in [-0.2, 0) is 6.54 Å². The average Bonchev–Trinajstić information content (AvgIpc) is 2.49. The van der Waals surface area contributed by atoms with Gasteiger partial charge < -0.3 is 5.73 Å². The lowest BCUT2D eigenvalue weighted by atomic mass is 10.4. The molecule has 0 saturated heterocycles. The van der Waals surface area contributed by atoms with Gasteiger partial charge in [0.2, 0.25) is 0 Å². The minimum Gasteiger partial charge on any atom is -0.384 e. The van der Waals surface area contributed by atoms with E-state index in [1.54, 1.807) is 16.9 Å². The summed E-state index contributed by atoms with van der Waals surface area (Å²) in [4.78, 5) is 8.43. The zero-order valence-electron chi connectivity index (χ0n) is 8.18. The van der Waals surface area contributed by atoms with Crippen molar-refractivity contribution >= 4 is 28.4 Å². The number of anilines is 1. The summed E-state index contributed by atoms with van der Waals surface area (Å²) in [5, 5.41) is 4.16. The summed E-state index contributed by atoms with van der Waals surface area (Å²) in [6, 6.07) is 1.75. The van der Waals surface area contributed by atoms with Crippen LogP contribution in [0.15, 0.2) is 18.5 Å². The topological polar surface area (TPSA) is 69.6 Å². The predicted molar refractivity (Wildman–Crippen MR) is 65.2 cm³/mol. The molecule has 0 aliphatic carbocycles. The Morgan fingerprint density at radius 2 is 2.27 bits per heavy atom. The van der Waals surface area contributed by atoms with E-state index in [1.165, 1.54) is 0 Å². The molecule has 15 heavy (non-hydrogen) atoms. The van der Waals surface area contributed by atoms with E-state index in [0.29, 0.717) is 18.2 Å². The molecule has 2 N–H and O–H groups in total. The fourth-order valence-electron chi connectivity index (χ4n) is 1.30. The van der Waals surface area contributed by atoms with Crippen LogP contribution in [0.25, 0.3) is 0 Å². The number of nitrogens with two attached hydrogens (primary N) is 1. The number of nitrogen functional groups attached to an aromatic ring is 1. The second kappa shape index (κ2) is 4.13. The highest BCUT2D eigenvalue weighted by atomic mass is 127. The molecule has 2 rings (SSSR count). The highest BCUT2D eigenvalue weighted by molar-refractivity contribution is 14.1. The van der Waals surface area contributed by atoms with E-state index in [0.717, 1.165) is 9.26 Å². The van der Waals surface area contributed by atoms with Gasteiger partial charge in [0.1, 0.15) is 12.4 Å². The Labute approximate surface area is 101 Å². The second-order valence-electron chi connectivity index (χ2n) is 3.21. The molecule has 2 heterocycles. The van der Waals surface area contributed by atoms with Crippen molar-refractivity contribution in [2.75, 3.05) is 5.73 Å². The Morgan fingerprint density at radius 3 is 2.87 bits per heavy atom. The third-order valence-corrected chi connectivity index (χ3v) is 2.38. The normalized spacial score (nSPS) is 10.5. The minimum absolute atomic E-state index is 0.499. The zero-order chi connectivity index (χ0) is 10.8. The fourth-order valence-corrected chi connectivity index (χ4v) is 1.74. The summed E-state index contributed by atoms with van der Waals surface area (Å²) in [6.07, 6.45) is 3.72. The molecule has 2 aromatic heterocycles. The summed E-state index contributed by atoms with van der Waals surface area (Å²) in [7, 11) is 0. The highest BCUT2D eigenvalue weighted by Gasteiger charge is 2.02. The van der Waals surface area contributed by atoms with E-state index in [2.05, 4.69) is 37.7 Å². The standard InChI is InChI=1S/C9H10IN5/c1-6-2-8(11)14-9(13-6)5-15-4-7(10)3-12-15/h2-4H,5H2,1H3,(H2,11,13,14). The molecule has 0 atom stereocenters. The predicted octanol–water partition coefficient (Wildman–Crippen LogP) is 1.22. The van der Waals surface area contributed by atoms with Crippen LogP contribution < -0.4 is 5.73 Å². The first-order valence-electron chi connectivity index (χ1n) is 4.41. The van der Waals surface area contributed by atoms with Gasteiger partial charge in [-0.15, -0.1) is 0 Å². The number of aryl methyl sites for hydroxylation is 1. The number of rotatable bonds is 2. The third-order valence-electron chi connectivity index (χ3n) is 1.83. The lowest BCUT2D eigenvalue weighted by Crippen LogP contribution is -2.07. The van der Waals surface area contributed by atoms with Crippen LogP contribution in [0.4, 0.5) is 5.82 Å². The Bertz CT molecular complexity index is 459. The van der Waals surface area contributed by atoms with Gasteiger partial charge in [-0.2, -0.15) is 5.10 Å². The molecular formula is C9H10IN5. The monoisotopic (exact) mass is 315 g/mol. The Kier molecular flexibility index (Phi) is 2.85. The Morgan fingerprint density at radius 1 is 1.47 bits per heavy atom. The summed E-state index contributed by atoms with van der Waals surface area (Å²) < 4.78 is 2.88. The van der Waals surface area contributed by atoms with Crippen molar-refractivity contribution in [2.24, 2.45) is 0 Å². The molecular weight excluding hydrogens is 305 g/mol. The van der Waals surface area contributed by atoms with Crippen LogP contribution in [0, 0.1) is 10.5 Å². The van der Waals surface area contributed by atoms with Gasteiger partial charge in [0.05, 0.1) is 9.77 Å². The van der Waals surface area contributed by atoms with Gasteiger partial charge in [0.15, 0.2) is 5.82 Å².